The topological polar surface area (TPSA) is 142 Å². The van der Waals surface area contributed by atoms with E-state index in [0.29, 0.717) is 11.1 Å². The fourth-order valence-corrected chi connectivity index (χ4v) is 7.16. The maximum Gasteiger partial charge on any atom is 0.243 e. The van der Waals surface area contributed by atoms with Gasteiger partial charge in [0.2, 0.25) is 10.0 Å². The van der Waals surface area contributed by atoms with Gasteiger partial charge >= 0.3 is 0 Å². The van der Waals surface area contributed by atoms with Crippen molar-refractivity contribution in [3.63, 3.8) is 0 Å². The van der Waals surface area contributed by atoms with Crippen LogP contribution in [0.25, 0.3) is 0 Å². The first-order chi connectivity index (χ1) is 18.2. The van der Waals surface area contributed by atoms with Gasteiger partial charge in [0.25, 0.3) is 0 Å². The van der Waals surface area contributed by atoms with Gasteiger partial charge in [0.15, 0.2) is 10.8 Å². The molecular weight excluding hydrogens is 498 g/mol. The van der Waals surface area contributed by atoms with Crippen molar-refractivity contribution in [2.24, 2.45) is 16.7 Å². The molecule has 1 fully saturated rings. The van der Waals surface area contributed by atoms with E-state index in [1.165, 1.54) is 16.4 Å². The van der Waals surface area contributed by atoms with Gasteiger partial charge in [-0.25, -0.2) is 8.42 Å². The van der Waals surface area contributed by atoms with Crippen LogP contribution in [0, 0.1) is 69.0 Å². The van der Waals surface area contributed by atoms with Crippen molar-refractivity contribution in [1.82, 2.24) is 4.31 Å². The summed E-state index contributed by atoms with van der Waals surface area (Å²) in [5.41, 5.74) is -1.07. The van der Waals surface area contributed by atoms with Gasteiger partial charge in [-0.1, -0.05) is 48.9 Å². The Morgan fingerprint density at radius 3 is 2.05 bits per heavy atom. The molecule has 0 radical (unpaired) electrons. The van der Waals surface area contributed by atoms with Crippen LogP contribution in [0.3, 0.4) is 0 Å². The Hall–Kier alpha value is -4.15. The van der Waals surface area contributed by atoms with Gasteiger partial charge in [0.1, 0.15) is 5.76 Å². The molecule has 0 unspecified atom stereocenters. The average molecular weight is 526 g/mol. The Balaban J connectivity index is 2.05. The number of ether oxygens (including phenoxy) is 1. The zero-order valence-electron chi connectivity index (χ0n) is 21.5. The molecule has 1 aliphatic heterocycles. The third-order valence-electron chi connectivity index (χ3n) is 7.65. The fourth-order valence-electron chi connectivity index (χ4n) is 5.55. The van der Waals surface area contributed by atoms with E-state index in [1.807, 2.05) is 62.4 Å². The zero-order valence-corrected chi connectivity index (χ0v) is 22.3. The number of nitriles is 4. The second-order valence-corrected chi connectivity index (χ2v) is 11.5. The van der Waals surface area contributed by atoms with Crippen LogP contribution in [0.4, 0.5) is 0 Å². The molecule has 4 rings (SSSR count). The summed E-state index contributed by atoms with van der Waals surface area (Å²) in [5, 5.41) is 41.0. The van der Waals surface area contributed by atoms with Crippen molar-refractivity contribution < 1.29 is 13.2 Å². The molecule has 2 aliphatic rings. The number of fused-ring (bicyclic) bond motifs is 1. The van der Waals surface area contributed by atoms with Crippen molar-refractivity contribution in [1.29, 1.82) is 21.0 Å². The van der Waals surface area contributed by atoms with Gasteiger partial charge in [0.05, 0.1) is 41.8 Å². The van der Waals surface area contributed by atoms with Crippen molar-refractivity contribution >= 4 is 10.0 Å². The van der Waals surface area contributed by atoms with E-state index in [4.69, 9.17) is 4.74 Å². The summed E-state index contributed by atoms with van der Waals surface area (Å²) in [4.78, 5) is 0.0711. The van der Waals surface area contributed by atoms with Gasteiger partial charge in [-0.3, -0.25) is 0 Å². The summed E-state index contributed by atoms with van der Waals surface area (Å²) in [6.07, 6.45) is 0.507. The Morgan fingerprint density at radius 2 is 1.55 bits per heavy atom. The first-order valence-corrected chi connectivity index (χ1v) is 13.8. The molecule has 0 N–H and O–H groups in total. The van der Waals surface area contributed by atoms with Crippen molar-refractivity contribution in [2.45, 2.75) is 44.6 Å². The molecule has 8 nitrogen and oxygen atoms in total. The van der Waals surface area contributed by atoms with Gasteiger partial charge < -0.3 is 4.74 Å². The molecule has 0 bridgehead atoms. The summed E-state index contributed by atoms with van der Waals surface area (Å²) >= 11 is 0. The summed E-state index contributed by atoms with van der Waals surface area (Å²) in [7, 11) is -4.12. The highest BCUT2D eigenvalue weighted by molar-refractivity contribution is 7.89. The zero-order chi connectivity index (χ0) is 27.7. The van der Waals surface area contributed by atoms with Gasteiger partial charge in [0, 0.05) is 18.9 Å². The van der Waals surface area contributed by atoms with Crippen molar-refractivity contribution in [3.05, 3.63) is 76.6 Å². The highest BCUT2D eigenvalue weighted by atomic mass is 32.2. The molecule has 9 heteroatoms. The molecule has 38 heavy (non-hydrogen) atoms. The normalized spacial score (nSPS) is 21.9. The largest absolute Gasteiger partial charge is 0.498 e. The van der Waals surface area contributed by atoms with E-state index in [-0.39, 0.29) is 30.2 Å². The second-order valence-electron chi connectivity index (χ2n) is 9.59. The smallest absolute Gasteiger partial charge is 0.243 e. The Morgan fingerprint density at radius 1 is 0.947 bits per heavy atom. The minimum Gasteiger partial charge on any atom is -0.498 e. The number of sulfonamides is 1. The maximum absolute atomic E-state index is 14.1. The predicted octanol–water partition coefficient (Wildman–Crippen LogP) is 4.68. The summed E-state index contributed by atoms with van der Waals surface area (Å²) in [6.45, 7) is 5.57. The van der Waals surface area contributed by atoms with Gasteiger partial charge in [-0.05, 0) is 49.1 Å². The molecule has 1 aliphatic carbocycles. The van der Waals surface area contributed by atoms with Crippen LogP contribution in [0.2, 0.25) is 0 Å². The number of rotatable bonds is 6. The predicted molar refractivity (Wildman–Crippen MR) is 138 cm³/mol. The molecule has 0 aromatic heterocycles. The number of nitrogens with zero attached hydrogens (tertiary/aromatic N) is 5. The molecule has 2 aromatic carbocycles. The second kappa shape index (κ2) is 9.96. The first kappa shape index (κ1) is 26.9. The van der Waals surface area contributed by atoms with Gasteiger partial charge in [-0.2, -0.15) is 25.4 Å². The lowest BCUT2D eigenvalue weighted by Crippen LogP contribution is -2.49. The van der Waals surface area contributed by atoms with E-state index in [1.54, 1.807) is 19.1 Å². The fraction of sp³-hybridized carbons (Fsp3) is 0.379. The monoisotopic (exact) mass is 525 g/mol. The molecule has 192 valence electrons. The highest BCUT2D eigenvalue weighted by Gasteiger charge is 2.68. The van der Waals surface area contributed by atoms with Crippen LogP contribution in [-0.2, 0) is 21.2 Å². The maximum atomic E-state index is 14.1. The van der Waals surface area contributed by atoms with E-state index < -0.39 is 32.8 Å². The van der Waals surface area contributed by atoms with E-state index in [2.05, 4.69) is 0 Å². The van der Waals surface area contributed by atoms with E-state index in [9.17, 15) is 29.5 Å². The van der Waals surface area contributed by atoms with Crippen LogP contribution in [0.1, 0.15) is 43.0 Å². The number of benzene rings is 2. The van der Waals surface area contributed by atoms with E-state index in [0.717, 1.165) is 17.5 Å². The molecule has 2 aromatic rings. The quantitative estimate of drug-likeness (QED) is 0.533. The Bertz CT molecular complexity index is 1520. The average Bonchev–Trinajstić information content (AvgIpc) is 3.35. The lowest BCUT2D eigenvalue weighted by molar-refractivity contribution is 0.128. The van der Waals surface area contributed by atoms with Crippen molar-refractivity contribution in [3.8, 4) is 24.3 Å². The van der Waals surface area contributed by atoms with Crippen LogP contribution in [0.5, 0.6) is 0 Å². The molecular formula is C29H27N5O3S. The highest BCUT2D eigenvalue weighted by Crippen LogP contribution is 2.61. The molecule has 0 amide bonds. The minimum atomic E-state index is -4.12. The molecule has 1 heterocycles. The third kappa shape index (κ3) is 3.84. The van der Waals surface area contributed by atoms with Crippen LogP contribution in [-0.4, -0.2) is 25.9 Å². The summed E-state index contributed by atoms with van der Waals surface area (Å²) < 4.78 is 35.5. The number of hydrogen-bond donors (Lipinski definition) is 0. The van der Waals surface area contributed by atoms with Crippen LogP contribution < -0.4 is 0 Å². The van der Waals surface area contributed by atoms with Crippen LogP contribution >= 0.6 is 0 Å². The Labute approximate surface area is 223 Å². The number of allylic oxidation sites excluding steroid dienone is 1. The van der Waals surface area contributed by atoms with Crippen LogP contribution in [0.15, 0.2) is 64.8 Å². The first-order valence-electron chi connectivity index (χ1n) is 12.4. The summed E-state index contributed by atoms with van der Waals surface area (Å²) in [6, 6.07) is 20.9. The van der Waals surface area contributed by atoms with E-state index >= 15 is 0 Å². The lowest BCUT2D eigenvalue weighted by Gasteiger charge is -2.41. The number of hydrogen-bond acceptors (Lipinski definition) is 7. The Kier molecular flexibility index (Phi) is 7.05. The SMILES string of the molecule is CCOC1=C2[C@H](c3ccc(CC)cc3)N(S(=O)(=O)c3ccc(C)cc3)C[C@H]2C(C#N)(C#N)C(C#N)(C#N)C1. The number of aryl methyl sites for hydroxylation is 2. The van der Waals surface area contributed by atoms with Gasteiger partial charge in [-0.15, -0.1) is 0 Å². The summed E-state index contributed by atoms with van der Waals surface area (Å²) in [5.74, 6) is -0.768. The minimum absolute atomic E-state index is 0.0711. The molecule has 2 atom stereocenters. The molecule has 0 saturated carbocycles. The molecule has 1 saturated heterocycles. The van der Waals surface area contributed by atoms with Crippen molar-refractivity contribution in [2.75, 3.05) is 13.2 Å². The molecule has 0 spiro atoms. The standard InChI is InChI=1S/C29H27N5O3S/c1-4-21-8-10-22(11-9-21)27-26-24(15-34(27)38(35,36)23-12-6-20(3)7-13-23)29(18-32,19-33)28(16-30,17-31)14-25(26)37-5-2/h6-13,24,27H,4-5,14-15H2,1-3H3/t24-,27+/m1/s1. The lowest BCUT2D eigenvalue weighted by atomic mass is 9.53. The third-order valence-corrected chi connectivity index (χ3v) is 9.49.